The lowest BCUT2D eigenvalue weighted by atomic mass is 9.90. The highest BCUT2D eigenvalue weighted by atomic mass is 19.1. The molecule has 6 heteroatoms. The fraction of sp³-hybridized carbons (Fsp3) is 0.318. The Bertz CT molecular complexity index is 971. The maximum Gasteiger partial charge on any atom is 0.226 e. The number of hydrogen-bond donors (Lipinski definition) is 0. The van der Waals surface area contributed by atoms with Gasteiger partial charge in [0.1, 0.15) is 11.6 Å². The first-order chi connectivity index (χ1) is 13.6. The highest BCUT2D eigenvalue weighted by Gasteiger charge is 2.27. The van der Waals surface area contributed by atoms with E-state index in [9.17, 15) is 9.18 Å². The van der Waals surface area contributed by atoms with Gasteiger partial charge in [0.15, 0.2) is 5.78 Å². The van der Waals surface area contributed by atoms with Crippen LogP contribution in [-0.4, -0.2) is 33.7 Å². The van der Waals surface area contributed by atoms with Gasteiger partial charge in [-0.3, -0.25) is 14.7 Å². The van der Waals surface area contributed by atoms with Crippen LogP contribution in [0.5, 0.6) is 0 Å². The number of halogens is 1. The third-order valence-corrected chi connectivity index (χ3v) is 5.16. The molecule has 5 nitrogen and oxygen atoms in total. The number of carbonyl (C=O) groups is 1. The molecule has 1 fully saturated rings. The molecule has 0 saturated carbocycles. The molecular formula is C22H22FN3O2. The number of pyridine rings is 1. The molecule has 3 aromatic rings. The summed E-state index contributed by atoms with van der Waals surface area (Å²) in [7, 11) is 0. The molecule has 1 aliphatic heterocycles. The number of benzene rings is 1. The molecular weight excluding hydrogens is 357 g/mol. The smallest absolute Gasteiger partial charge is 0.226 e. The first-order valence-corrected chi connectivity index (χ1v) is 9.49. The largest absolute Gasteiger partial charge is 0.441 e. The Kier molecular flexibility index (Phi) is 5.30. The SMILES string of the molecule is Cc1oc(-c2cccc(F)c2)nc1CN1CCCC(C(=O)c2cccnc2)C1. The van der Waals surface area contributed by atoms with E-state index >= 15 is 0 Å². The Morgan fingerprint density at radius 2 is 2.21 bits per heavy atom. The van der Waals surface area contributed by atoms with Crippen molar-refractivity contribution >= 4 is 5.78 Å². The third kappa shape index (κ3) is 4.02. The van der Waals surface area contributed by atoms with Crippen LogP contribution in [0.25, 0.3) is 11.5 Å². The van der Waals surface area contributed by atoms with E-state index in [1.165, 1.54) is 12.1 Å². The van der Waals surface area contributed by atoms with E-state index in [2.05, 4.69) is 14.9 Å². The van der Waals surface area contributed by atoms with Gasteiger partial charge in [0.25, 0.3) is 0 Å². The van der Waals surface area contributed by atoms with Crippen molar-refractivity contribution in [2.45, 2.75) is 26.3 Å². The van der Waals surface area contributed by atoms with Crippen LogP contribution < -0.4 is 0 Å². The average Bonchev–Trinajstić information content (AvgIpc) is 3.09. The molecule has 0 N–H and O–H groups in total. The molecule has 0 aliphatic carbocycles. The number of likely N-dealkylation sites (tertiary alicyclic amines) is 1. The summed E-state index contributed by atoms with van der Waals surface area (Å²) < 4.78 is 19.2. The van der Waals surface area contributed by atoms with Crippen LogP contribution in [0.3, 0.4) is 0 Å². The molecule has 1 atom stereocenters. The zero-order valence-corrected chi connectivity index (χ0v) is 15.8. The van der Waals surface area contributed by atoms with Gasteiger partial charge in [0, 0.05) is 42.5 Å². The highest BCUT2D eigenvalue weighted by molar-refractivity contribution is 5.97. The first kappa shape index (κ1) is 18.5. The predicted octanol–water partition coefficient (Wildman–Crippen LogP) is 4.28. The van der Waals surface area contributed by atoms with Crippen LogP contribution in [0.2, 0.25) is 0 Å². The summed E-state index contributed by atoms with van der Waals surface area (Å²) in [6.45, 7) is 4.09. The minimum Gasteiger partial charge on any atom is -0.441 e. The van der Waals surface area contributed by atoms with Gasteiger partial charge in [-0.1, -0.05) is 6.07 Å². The van der Waals surface area contributed by atoms with Gasteiger partial charge in [0.2, 0.25) is 5.89 Å². The maximum absolute atomic E-state index is 13.5. The van der Waals surface area contributed by atoms with Gasteiger partial charge >= 0.3 is 0 Å². The molecule has 0 spiro atoms. The second-order valence-electron chi connectivity index (χ2n) is 7.21. The van der Waals surface area contributed by atoms with Crippen LogP contribution in [0.1, 0.15) is 34.7 Å². The molecule has 1 aromatic carbocycles. The summed E-state index contributed by atoms with van der Waals surface area (Å²) in [5.41, 5.74) is 2.12. The molecule has 1 unspecified atom stereocenters. The molecule has 28 heavy (non-hydrogen) atoms. The second-order valence-corrected chi connectivity index (χ2v) is 7.21. The Labute approximate surface area is 163 Å². The van der Waals surface area contributed by atoms with Crippen LogP contribution >= 0.6 is 0 Å². The molecule has 0 radical (unpaired) electrons. The number of carbonyl (C=O) groups excluding carboxylic acids is 1. The Morgan fingerprint density at radius 1 is 1.32 bits per heavy atom. The number of ketones is 1. The molecule has 2 aromatic heterocycles. The van der Waals surface area contributed by atoms with Crippen molar-refractivity contribution < 1.29 is 13.6 Å². The van der Waals surface area contributed by atoms with Crippen molar-refractivity contribution in [1.82, 2.24) is 14.9 Å². The quantitative estimate of drug-likeness (QED) is 0.619. The fourth-order valence-corrected chi connectivity index (χ4v) is 3.69. The van der Waals surface area contributed by atoms with E-state index in [1.807, 2.05) is 13.0 Å². The minimum absolute atomic E-state index is 0.0344. The van der Waals surface area contributed by atoms with Crippen LogP contribution in [0.15, 0.2) is 53.2 Å². The van der Waals surface area contributed by atoms with Gasteiger partial charge in [-0.05, 0) is 56.6 Å². The molecule has 0 bridgehead atoms. The molecule has 3 heterocycles. The summed E-state index contributed by atoms with van der Waals surface area (Å²) in [5, 5.41) is 0. The summed E-state index contributed by atoms with van der Waals surface area (Å²) in [6.07, 6.45) is 5.16. The Balaban J connectivity index is 1.46. The lowest BCUT2D eigenvalue weighted by molar-refractivity contribution is 0.0809. The Morgan fingerprint density at radius 3 is 3.00 bits per heavy atom. The van der Waals surface area contributed by atoms with Crippen LogP contribution in [-0.2, 0) is 6.54 Å². The van der Waals surface area contributed by atoms with Crippen molar-refractivity contribution in [3.05, 3.63) is 71.6 Å². The standard InChI is InChI=1S/C22H22FN3O2/c1-15-20(25-22(28-15)16-5-2-8-19(23)11-16)14-26-10-4-7-18(13-26)21(27)17-6-3-9-24-12-17/h2-3,5-6,8-9,11-12,18H,4,7,10,13-14H2,1H3. The number of aryl methyl sites for hydroxylation is 1. The van der Waals surface area contributed by atoms with E-state index in [1.54, 1.807) is 30.6 Å². The molecule has 144 valence electrons. The molecule has 1 saturated heterocycles. The fourth-order valence-electron chi connectivity index (χ4n) is 3.69. The van der Waals surface area contributed by atoms with Gasteiger partial charge in [-0.15, -0.1) is 0 Å². The summed E-state index contributed by atoms with van der Waals surface area (Å²) in [6, 6.07) is 9.85. The minimum atomic E-state index is -0.317. The van der Waals surface area contributed by atoms with Gasteiger partial charge in [0.05, 0.1) is 5.69 Å². The molecule has 4 rings (SSSR count). The number of nitrogens with zero attached hydrogens (tertiary/aromatic N) is 3. The van der Waals surface area contributed by atoms with Gasteiger partial charge in [-0.2, -0.15) is 0 Å². The van der Waals surface area contributed by atoms with Crippen molar-refractivity contribution in [3.8, 4) is 11.5 Å². The lowest BCUT2D eigenvalue weighted by Gasteiger charge is -2.31. The number of oxazole rings is 1. The van der Waals surface area contributed by atoms with Crippen molar-refractivity contribution in [2.24, 2.45) is 5.92 Å². The third-order valence-electron chi connectivity index (χ3n) is 5.16. The van der Waals surface area contributed by atoms with E-state index in [4.69, 9.17) is 4.42 Å². The van der Waals surface area contributed by atoms with Crippen molar-refractivity contribution in [2.75, 3.05) is 13.1 Å². The molecule has 0 amide bonds. The second kappa shape index (κ2) is 8.02. The maximum atomic E-state index is 13.5. The summed E-state index contributed by atoms with van der Waals surface area (Å²) in [5.74, 6) is 0.942. The number of Topliss-reactive ketones (excluding diaryl/α,β-unsaturated/α-hetero) is 1. The average molecular weight is 379 g/mol. The summed E-state index contributed by atoms with van der Waals surface area (Å²) >= 11 is 0. The number of piperidine rings is 1. The van der Waals surface area contributed by atoms with Crippen molar-refractivity contribution in [3.63, 3.8) is 0 Å². The van der Waals surface area contributed by atoms with E-state index < -0.39 is 0 Å². The van der Waals surface area contributed by atoms with E-state index in [-0.39, 0.29) is 17.5 Å². The highest BCUT2D eigenvalue weighted by Crippen LogP contribution is 2.26. The normalized spacial score (nSPS) is 17.6. The Hall–Kier alpha value is -2.86. The van der Waals surface area contributed by atoms with Crippen molar-refractivity contribution in [1.29, 1.82) is 0 Å². The monoisotopic (exact) mass is 379 g/mol. The van der Waals surface area contributed by atoms with Gasteiger partial charge < -0.3 is 4.42 Å². The lowest BCUT2D eigenvalue weighted by Crippen LogP contribution is -2.38. The van der Waals surface area contributed by atoms with Crippen LogP contribution in [0.4, 0.5) is 4.39 Å². The van der Waals surface area contributed by atoms with E-state index in [0.717, 1.165) is 30.8 Å². The zero-order valence-electron chi connectivity index (χ0n) is 15.8. The first-order valence-electron chi connectivity index (χ1n) is 9.49. The molecule has 1 aliphatic rings. The van der Waals surface area contributed by atoms with Crippen LogP contribution in [0, 0.1) is 18.7 Å². The zero-order chi connectivity index (χ0) is 19.5. The predicted molar refractivity (Wildman–Crippen MR) is 103 cm³/mol. The van der Waals surface area contributed by atoms with E-state index in [0.29, 0.717) is 30.1 Å². The topological polar surface area (TPSA) is 59.2 Å². The summed E-state index contributed by atoms with van der Waals surface area (Å²) in [4.78, 5) is 23.6. The van der Waals surface area contributed by atoms with Gasteiger partial charge in [-0.25, -0.2) is 9.37 Å². The number of hydrogen-bond acceptors (Lipinski definition) is 5. The number of aromatic nitrogens is 2. The number of rotatable bonds is 5.